The molecule has 1 aliphatic heterocycles. The number of carbonyl (C=O) groups excluding carboxylic acids is 1. The molecular weight excluding hydrogens is 357 g/mol. The lowest BCUT2D eigenvalue weighted by molar-refractivity contribution is -0.377. The van der Waals surface area contributed by atoms with Crippen LogP contribution in [0, 0.1) is 10.8 Å². The van der Waals surface area contributed by atoms with Crippen LogP contribution in [-0.4, -0.2) is 58.9 Å². The van der Waals surface area contributed by atoms with E-state index in [0.717, 1.165) is 6.42 Å². The molecular formula is C20H33F3N2O2. The monoisotopic (exact) mass is 390 g/mol. The van der Waals surface area contributed by atoms with Crippen LogP contribution in [0.5, 0.6) is 0 Å². The second-order valence-electron chi connectivity index (χ2n) is 10.1. The third kappa shape index (κ3) is 3.34. The van der Waals surface area contributed by atoms with Crippen molar-refractivity contribution in [3.05, 3.63) is 0 Å². The molecule has 4 nitrogen and oxygen atoms in total. The van der Waals surface area contributed by atoms with Gasteiger partial charge in [-0.1, -0.05) is 6.92 Å². The molecule has 7 heteroatoms. The summed E-state index contributed by atoms with van der Waals surface area (Å²) in [5.41, 5.74) is -2.14. The van der Waals surface area contributed by atoms with Gasteiger partial charge in [0.1, 0.15) is 5.60 Å². The Morgan fingerprint density at radius 3 is 2.11 bits per heavy atom. The topological polar surface area (TPSA) is 32.8 Å². The summed E-state index contributed by atoms with van der Waals surface area (Å²) in [5.74, 6) is 0. The fourth-order valence-electron chi connectivity index (χ4n) is 5.70. The normalized spacial score (nSPS) is 38.0. The van der Waals surface area contributed by atoms with E-state index in [1.807, 2.05) is 27.7 Å². The van der Waals surface area contributed by atoms with E-state index in [1.54, 1.807) is 4.90 Å². The first kappa shape index (κ1) is 20.7. The average Bonchev–Trinajstić information content (AvgIpc) is 2.39. The second kappa shape index (κ2) is 6.26. The Labute approximate surface area is 160 Å². The van der Waals surface area contributed by atoms with Crippen LogP contribution in [0.4, 0.5) is 18.0 Å². The highest BCUT2D eigenvalue weighted by Gasteiger charge is 2.80. The molecule has 0 aromatic rings. The highest BCUT2D eigenvalue weighted by molar-refractivity contribution is 5.68. The van der Waals surface area contributed by atoms with Gasteiger partial charge in [-0.15, -0.1) is 0 Å². The minimum absolute atomic E-state index is 0.0194. The Balaban J connectivity index is 1.66. The second-order valence-corrected chi connectivity index (χ2v) is 10.1. The molecule has 0 aromatic carbocycles. The molecule has 1 saturated heterocycles. The van der Waals surface area contributed by atoms with E-state index in [-0.39, 0.29) is 48.9 Å². The Bertz CT molecular complexity index is 579. The average molecular weight is 390 g/mol. The Morgan fingerprint density at radius 1 is 1.11 bits per heavy atom. The molecule has 1 unspecified atom stereocenters. The van der Waals surface area contributed by atoms with Gasteiger partial charge < -0.3 is 9.64 Å². The van der Waals surface area contributed by atoms with Crippen LogP contribution in [0.3, 0.4) is 0 Å². The van der Waals surface area contributed by atoms with Crippen molar-refractivity contribution in [1.29, 1.82) is 0 Å². The van der Waals surface area contributed by atoms with Crippen LogP contribution in [0.2, 0.25) is 0 Å². The van der Waals surface area contributed by atoms with Crippen molar-refractivity contribution >= 4 is 6.09 Å². The first-order chi connectivity index (χ1) is 12.2. The largest absolute Gasteiger partial charge is 0.444 e. The maximum Gasteiger partial charge on any atom is 0.410 e. The number of ether oxygens (including phenoxy) is 1. The molecule has 27 heavy (non-hydrogen) atoms. The van der Waals surface area contributed by atoms with Crippen molar-refractivity contribution in [1.82, 2.24) is 9.80 Å². The molecule has 4 aliphatic rings. The number of halogens is 3. The lowest BCUT2D eigenvalue weighted by atomic mass is 9.32. The van der Waals surface area contributed by atoms with Crippen LogP contribution in [-0.2, 0) is 4.74 Å². The van der Waals surface area contributed by atoms with Gasteiger partial charge >= 0.3 is 12.3 Å². The number of piperazine rings is 1. The van der Waals surface area contributed by atoms with Gasteiger partial charge in [0.05, 0.1) is 5.41 Å². The lowest BCUT2D eigenvalue weighted by Crippen LogP contribution is -2.76. The van der Waals surface area contributed by atoms with E-state index in [0.29, 0.717) is 13.1 Å². The molecule has 1 amide bonds. The molecule has 156 valence electrons. The standard InChI is InChI=1S/C20H33F3N2O2/c1-7-15(18-10-19(11-18,12-18)20(21,22)23)24-8-14(3)25(9-13(24)2)16(26)27-17(4,5)6/h13-15H,7-12H2,1-6H3/t13-,14-,15?,18?,19?/m0/s1. The molecule has 4 rings (SSSR count). The van der Waals surface area contributed by atoms with E-state index in [4.69, 9.17) is 4.74 Å². The molecule has 0 aromatic heterocycles. The first-order valence-electron chi connectivity index (χ1n) is 10.1. The molecule has 3 atom stereocenters. The third-order valence-electron chi connectivity index (χ3n) is 6.83. The number of hydrogen-bond donors (Lipinski definition) is 0. The first-order valence-corrected chi connectivity index (χ1v) is 10.1. The van der Waals surface area contributed by atoms with Crippen LogP contribution >= 0.6 is 0 Å². The van der Waals surface area contributed by atoms with Crippen molar-refractivity contribution in [3.63, 3.8) is 0 Å². The highest BCUT2D eigenvalue weighted by Crippen LogP contribution is 2.80. The van der Waals surface area contributed by atoms with Crippen LogP contribution in [0.15, 0.2) is 0 Å². The van der Waals surface area contributed by atoms with E-state index < -0.39 is 17.2 Å². The zero-order valence-electron chi connectivity index (χ0n) is 17.3. The van der Waals surface area contributed by atoms with Gasteiger partial charge in [0.25, 0.3) is 0 Å². The Morgan fingerprint density at radius 2 is 1.67 bits per heavy atom. The summed E-state index contributed by atoms with van der Waals surface area (Å²) in [4.78, 5) is 16.6. The van der Waals surface area contributed by atoms with E-state index in [9.17, 15) is 18.0 Å². The predicted molar refractivity (Wildman–Crippen MR) is 97.4 cm³/mol. The van der Waals surface area contributed by atoms with Gasteiger partial charge in [-0.2, -0.15) is 13.2 Å². The van der Waals surface area contributed by atoms with E-state index >= 15 is 0 Å². The van der Waals surface area contributed by atoms with Crippen LogP contribution < -0.4 is 0 Å². The van der Waals surface area contributed by atoms with Gasteiger partial charge in [-0.3, -0.25) is 4.90 Å². The summed E-state index contributed by atoms with van der Waals surface area (Å²) in [6.07, 6.45) is -2.71. The molecule has 3 aliphatic carbocycles. The molecule has 1 heterocycles. The fourth-order valence-corrected chi connectivity index (χ4v) is 5.70. The summed E-state index contributed by atoms with van der Waals surface area (Å²) in [5, 5.41) is 0. The Hall–Kier alpha value is -0.980. The maximum absolute atomic E-state index is 13.2. The van der Waals surface area contributed by atoms with Gasteiger partial charge in [-0.05, 0) is 65.7 Å². The highest BCUT2D eigenvalue weighted by atomic mass is 19.4. The van der Waals surface area contributed by atoms with Gasteiger partial charge in [0, 0.05) is 31.2 Å². The molecule has 0 radical (unpaired) electrons. The molecule has 4 fully saturated rings. The third-order valence-corrected chi connectivity index (χ3v) is 6.83. The summed E-state index contributed by atoms with van der Waals surface area (Å²) in [7, 11) is 0. The minimum Gasteiger partial charge on any atom is -0.444 e. The maximum atomic E-state index is 13.2. The molecule has 2 bridgehead atoms. The minimum atomic E-state index is -4.07. The van der Waals surface area contributed by atoms with E-state index in [1.165, 1.54) is 0 Å². The summed E-state index contributed by atoms with van der Waals surface area (Å²) < 4.78 is 45.3. The summed E-state index contributed by atoms with van der Waals surface area (Å²) in [6, 6.07) is 0.239. The van der Waals surface area contributed by atoms with Crippen molar-refractivity contribution in [2.24, 2.45) is 10.8 Å². The number of nitrogens with zero attached hydrogens (tertiary/aromatic N) is 2. The van der Waals surface area contributed by atoms with Crippen molar-refractivity contribution in [2.75, 3.05) is 13.1 Å². The zero-order chi connectivity index (χ0) is 20.4. The SMILES string of the molecule is CCC(N1C[C@H](C)N(C(=O)OC(C)(C)C)C[C@@H]1C)C12CC(C(F)(F)F)(C1)C2. The predicted octanol–water partition coefficient (Wildman–Crippen LogP) is 4.83. The molecule has 0 N–H and O–H groups in total. The number of hydrogen-bond acceptors (Lipinski definition) is 3. The molecule has 3 saturated carbocycles. The molecule has 0 spiro atoms. The van der Waals surface area contributed by atoms with Crippen molar-refractivity contribution < 1.29 is 22.7 Å². The lowest BCUT2D eigenvalue weighted by Gasteiger charge is -2.74. The Kier molecular flexibility index (Phi) is 4.81. The number of amides is 1. The van der Waals surface area contributed by atoms with E-state index in [2.05, 4.69) is 18.7 Å². The van der Waals surface area contributed by atoms with Gasteiger partial charge in [0.15, 0.2) is 0 Å². The summed E-state index contributed by atoms with van der Waals surface area (Å²) in [6.45, 7) is 12.9. The van der Waals surface area contributed by atoms with Crippen molar-refractivity contribution in [2.45, 2.75) is 97.1 Å². The smallest absolute Gasteiger partial charge is 0.410 e. The number of carbonyl (C=O) groups is 1. The van der Waals surface area contributed by atoms with Crippen molar-refractivity contribution in [3.8, 4) is 0 Å². The quantitative estimate of drug-likeness (QED) is 0.692. The van der Waals surface area contributed by atoms with Gasteiger partial charge in [0.2, 0.25) is 0 Å². The summed E-state index contributed by atoms with van der Waals surface area (Å²) >= 11 is 0. The fraction of sp³-hybridized carbons (Fsp3) is 0.950. The van der Waals surface area contributed by atoms with Crippen LogP contribution in [0.25, 0.3) is 0 Å². The van der Waals surface area contributed by atoms with Gasteiger partial charge in [-0.25, -0.2) is 4.79 Å². The zero-order valence-corrected chi connectivity index (χ0v) is 17.3. The number of alkyl halides is 3. The van der Waals surface area contributed by atoms with Crippen LogP contribution in [0.1, 0.15) is 67.2 Å². The number of rotatable bonds is 3.